The van der Waals surface area contributed by atoms with E-state index >= 15 is 17.4 Å². The molecule has 0 spiro atoms. The highest BCUT2D eigenvalue weighted by molar-refractivity contribution is 6.59. The molecule has 0 saturated heterocycles. The molecule has 0 amide bonds. The Labute approximate surface area is 234 Å². The molecular weight excluding hydrogens is 527 g/mol. The molecule has 2 aliphatic heterocycles. The zero-order chi connectivity index (χ0) is 28.0. The second kappa shape index (κ2) is 8.59. The van der Waals surface area contributed by atoms with Crippen LogP contribution in [-0.4, -0.2) is 26.8 Å². The number of allylic oxidation sites excluding steroid dienone is 2. The van der Waals surface area contributed by atoms with E-state index in [4.69, 9.17) is 0 Å². The summed E-state index contributed by atoms with van der Waals surface area (Å²) in [5.41, 5.74) is 5.53. The van der Waals surface area contributed by atoms with Crippen molar-refractivity contribution in [3.05, 3.63) is 129 Å². The van der Waals surface area contributed by atoms with E-state index < -0.39 is 29.9 Å². The molecule has 3 heterocycles. The Bertz CT molecular complexity index is 1890. The molecule has 3 aromatic carbocycles. The maximum Gasteiger partial charge on any atom is 0.737 e. The van der Waals surface area contributed by atoms with Gasteiger partial charge in [-0.05, 0) is 72.9 Å². The van der Waals surface area contributed by atoms with Crippen molar-refractivity contribution in [2.24, 2.45) is 0 Å². The van der Waals surface area contributed by atoms with E-state index in [-0.39, 0.29) is 17.0 Å². The predicted molar refractivity (Wildman–Crippen MR) is 151 cm³/mol. The van der Waals surface area contributed by atoms with Gasteiger partial charge in [0.15, 0.2) is 11.4 Å². The minimum absolute atomic E-state index is 0.0731. The summed E-state index contributed by atoms with van der Waals surface area (Å²) in [6.45, 7) is -4.47. The van der Waals surface area contributed by atoms with Crippen LogP contribution in [0.3, 0.4) is 0 Å². The van der Waals surface area contributed by atoms with Gasteiger partial charge in [0.1, 0.15) is 17.4 Å². The van der Waals surface area contributed by atoms with Crippen molar-refractivity contribution >= 4 is 18.3 Å². The van der Waals surface area contributed by atoms with Crippen molar-refractivity contribution in [3.8, 4) is 17.0 Å². The average Bonchev–Trinajstić information content (AvgIpc) is 3.39. The van der Waals surface area contributed by atoms with Crippen molar-refractivity contribution in [2.45, 2.75) is 38.5 Å². The number of benzene rings is 3. The largest absolute Gasteiger partial charge is 0.737 e. The van der Waals surface area contributed by atoms with E-state index in [1.807, 2.05) is 48.5 Å². The Hall–Kier alpha value is -4.33. The van der Waals surface area contributed by atoms with Gasteiger partial charge in [-0.2, -0.15) is 0 Å². The summed E-state index contributed by atoms with van der Waals surface area (Å²) in [7, 11) is 0. The van der Waals surface area contributed by atoms with Crippen LogP contribution in [0.5, 0.6) is 5.75 Å². The second-order valence-electron chi connectivity index (χ2n) is 11.3. The average molecular weight is 552 g/mol. The monoisotopic (exact) mass is 552 g/mol. The fourth-order valence-corrected chi connectivity index (χ4v) is 7.35. The molecule has 0 saturated carbocycles. The number of aryl methyl sites for hydroxylation is 3. The Balaban J connectivity index is 1.55. The molecule has 0 unspecified atom stereocenters. The van der Waals surface area contributed by atoms with Crippen molar-refractivity contribution in [3.63, 3.8) is 0 Å². The molecule has 8 rings (SSSR count). The molecule has 0 radical (unpaired) electrons. The quantitative estimate of drug-likeness (QED) is 0.194. The molecule has 1 aromatic heterocycles. The van der Waals surface area contributed by atoms with Crippen LogP contribution in [0.1, 0.15) is 52.8 Å². The van der Waals surface area contributed by atoms with Crippen LogP contribution in [0.25, 0.3) is 16.8 Å². The number of phenols is 1. The highest BCUT2D eigenvalue weighted by Crippen LogP contribution is 2.49. The summed E-state index contributed by atoms with van der Waals surface area (Å²) in [4.78, 5) is 0. The SMILES string of the molecule is Oc1cc(F)c(C2=C3C=C4CCCc5ccccc5C4=[N+]3[B-](F)(F)n3c2cc2c3-c3ccccc3CCC2)c(F)c1. The summed E-state index contributed by atoms with van der Waals surface area (Å²) in [5.74, 6) is -2.56. The van der Waals surface area contributed by atoms with Crippen LogP contribution in [0.2, 0.25) is 0 Å². The third-order valence-corrected chi connectivity index (χ3v) is 8.97. The van der Waals surface area contributed by atoms with Gasteiger partial charge in [0.2, 0.25) is 0 Å². The van der Waals surface area contributed by atoms with Crippen LogP contribution in [-0.2, 0) is 19.3 Å². The number of rotatable bonds is 1. The van der Waals surface area contributed by atoms with Crippen LogP contribution in [0, 0.1) is 11.6 Å². The normalized spacial score (nSPS) is 18.4. The molecule has 4 aromatic rings. The van der Waals surface area contributed by atoms with Crippen molar-refractivity contribution in [1.29, 1.82) is 0 Å². The Morgan fingerprint density at radius 1 is 0.756 bits per heavy atom. The van der Waals surface area contributed by atoms with E-state index in [1.54, 1.807) is 12.1 Å². The third kappa shape index (κ3) is 3.36. The minimum Gasteiger partial charge on any atom is -0.508 e. The van der Waals surface area contributed by atoms with Crippen LogP contribution >= 0.6 is 0 Å². The molecule has 8 heteroatoms. The first-order valence-electron chi connectivity index (χ1n) is 14.1. The lowest BCUT2D eigenvalue weighted by atomic mass is 9.84. The lowest BCUT2D eigenvalue weighted by Gasteiger charge is -2.34. The smallest absolute Gasteiger partial charge is 0.508 e. The fourth-order valence-electron chi connectivity index (χ4n) is 7.35. The summed E-state index contributed by atoms with van der Waals surface area (Å²) in [5, 5.41) is 9.92. The highest BCUT2D eigenvalue weighted by Gasteiger charge is 2.57. The van der Waals surface area contributed by atoms with Gasteiger partial charge in [-0.1, -0.05) is 42.5 Å². The maximum absolute atomic E-state index is 17.4. The van der Waals surface area contributed by atoms with Crippen molar-refractivity contribution < 1.29 is 27.0 Å². The second-order valence-corrected chi connectivity index (χ2v) is 11.3. The summed E-state index contributed by atoms with van der Waals surface area (Å²) < 4.78 is 68.1. The summed E-state index contributed by atoms with van der Waals surface area (Å²) in [6.07, 6.45) is 5.91. The van der Waals surface area contributed by atoms with Gasteiger partial charge < -0.3 is 22.7 Å². The number of nitrogens with zero attached hydrogens (tertiary/aromatic N) is 2. The molecular formula is C33H25BF4N2O. The van der Waals surface area contributed by atoms with E-state index in [1.165, 1.54) is 0 Å². The number of hydrogen-bond acceptors (Lipinski definition) is 1. The molecule has 0 atom stereocenters. The summed E-state index contributed by atoms with van der Waals surface area (Å²) in [6, 6.07) is 18.5. The van der Waals surface area contributed by atoms with Crippen LogP contribution in [0.4, 0.5) is 17.4 Å². The van der Waals surface area contributed by atoms with E-state index in [0.29, 0.717) is 24.2 Å². The molecule has 4 aliphatic rings. The van der Waals surface area contributed by atoms with Gasteiger partial charge in [0.25, 0.3) is 0 Å². The number of hydrogen-bond donors (Lipinski definition) is 1. The third-order valence-electron chi connectivity index (χ3n) is 8.97. The number of aromatic hydroxyl groups is 1. The Kier molecular flexibility index (Phi) is 5.13. The number of phenolic OH excluding ortho intramolecular Hbond substituents is 1. The first kappa shape index (κ1) is 24.5. The predicted octanol–water partition coefficient (Wildman–Crippen LogP) is 7.40. The van der Waals surface area contributed by atoms with Crippen LogP contribution in [0.15, 0.2) is 84.1 Å². The molecule has 204 valence electrons. The number of fused-ring (bicyclic) bond motifs is 9. The Morgan fingerprint density at radius 3 is 2.10 bits per heavy atom. The van der Waals surface area contributed by atoms with Gasteiger partial charge in [-0.25, -0.2) is 8.78 Å². The molecule has 1 N–H and O–H groups in total. The highest BCUT2D eigenvalue weighted by atomic mass is 19.2. The molecule has 0 bridgehead atoms. The van der Waals surface area contributed by atoms with Gasteiger partial charge in [0.05, 0.1) is 11.1 Å². The van der Waals surface area contributed by atoms with Crippen molar-refractivity contribution in [2.75, 3.05) is 0 Å². The lowest BCUT2D eigenvalue weighted by molar-refractivity contribution is -0.361. The Morgan fingerprint density at radius 2 is 1.37 bits per heavy atom. The van der Waals surface area contributed by atoms with Gasteiger partial charge in [-0.3, -0.25) is 0 Å². The number of aromatic nitrogens is 1. The zero-order valence-corrected chi connectivity index (χ0v) is 22.1. The van der Waals surface area contributed by atoms with E-state index in [9.17, 15) is 5.11 Å². The van der Waals surface area contributed by atoms with Crippen molar-refractivity contribution in [1.82, 2.24) is 4.48 Å². The molecule has 41 heavy (non-hydrogen) atoms. The van der Waals surface area contributed by atoms with Gasteiger partial charge in [0, 0.05) is 40.7 Å². The summed E-state index contributed by atoms with van der Waals surface area (Å²) >= 11 is 0. The lowest BCUT2D eigenvalue weighted by Crippen LogP contribution is -2.51. The van der Waals surface area contributed by atoms with Crippen LogP contribution < -0.4 is 0 Å². The molecule has 2 aliphatic carbocycles. The topological polar surface area (TPSA) is 28.2 Å². The van der Waals surface area contributed by atoms with E-state index in [0.717, 1.165) is 80.2 Å². The van der Waals surface area contributed by atoms with Gasteiger partial charge >= 0.3 is 6.97 Å². The minimum atomic E-state index is -4.47. The van der Waals surface area contributed by atoms with Gasteiger partial charge in [-0.15, -0.1) is 0 Å². The maximum atomic E-state index is 17.4. The zero-order valence-electron chi connectivity index (χ0n) is 22.1. The molecule has 0 fully saturated rings. The first-order valence-corrected chi connectivity index (χ1v) is 14.1. The standard InChI is InChI=1S/C33H25BF4N2O/c35-26-17-23(41)18-27(36)30(26)31-28-15-21-11-5-9-19-7-1-3-13-24(19)32(21)39(28)34(37,38)40-29(31)16-22-12-6-10-20-8-2-4-14-25(20)33(22)40/h1-4,7-8,13-18,41H,5-6,9-12H2. The fraction of sp³-hybridized carbons (Fsp3) is 0.182. The number of halogens is 4. The molecule has 3 nitrogen and oxygen atoms in total. The van der Waals surface area contributed by atoms with E-state index in [2.05, 4.69) is 0 Å². The first-order chi connectivity index (χ1) is 19.8.